The zero-order valence-corrected chi connectivity index (χ0v) is 14.4. The van der Waals surface area contributed by atoms with E-state index in [9.17, 15) is 4.79 Å². The summed E-state index contributed by atoms with van der Waals surface area (Å²) in [6.45, 7) is 0.913. The van der Waals surface area contributed by atoms with Crippen LogP contribution in [0.25, 0.3) is 0 Å². The molecule has 0 aromatic heterocycles. The molecule has 0 amide bonds. The molecule has 0 bridgehead atoms. The molecular weight excluding hydrogens is 316 g/mol. The molecule has 2 aromatic rings. The van der Waals surface area contributed by atoms with E-state index in [1.807, 2.05) is 30.3 Å². The highest BCUT2D eigenvalue weighted by Gasteiger charge is 2.18. The highest BCUT2D eigenvalue weighted by atomic mass is 16.5. The van der Waals surface area contributed by atoms with E-state index >= 15 is 0 Å². The summed E-state index contributed by atoms with van der Waals surface area (Å²) >= 11 is 0. The van der Waals surface area contributed by atoms with Gasteiger partial charge in [0.15, 0.2) is 0 Å². The predicted octanol–water partition coefficient (Wildman–Crippen LogP) is 4.63. The lowest BCUT2D eigenvalue weighted by molar-refractivity contribution is 0.0211. The van der Waals surface area contributed by atoms with Crippen LogP contribution >= 0.6 is 0 Å². The Morgan fingerprint density at radius 1 is 0.800 bits per heavy atom. The monoisotopic (exact) mass is 340 g/mol. The molecule has 1 aliphatic rings. The molecule has 0 unspecified atom stereocenters. The summed E-state index contributed by atoms with van der Waals surface area (Å²) < 4.78 is 16.8. The van der Waals surface area contributed by atoms with Crippen LogP contribution in [0.15, 0.2) is 54.6 Å². The molecule has 132 valence electrons. The molecule has 25 heavy (non-hydrogen) atoms. The van der Waals surface area contributed by atoms with Crippen LogP contribution in [0.5, 0.6) is 11.5 Å². The van der Waals surface area contributed by atoms with E-state index in [0.717, 1.165) is 31.4 Å². The fourth-order valence-electron chi connectivity index (χ4n) is 2.93. The number of benzene rings is 2. The quantitative estimate of drug-likeness (QED) is 0.544. The van der Waals surface area contributed by atoms with Gasteiger partial charge < -0.3 is 14.2 Å². The van der Waals surface area contributed by atoms with Crippen molar-refractivity contribution in [3.8, 4) is 11.5 Å². The Morgan fingerprint density at radius 2 is 1.40 bits per heavy atom. The molecular formula is C21H24O4. The van der Waals surface area contributed by atoms with Gasteiger partial charge in [-0.25, -0.2) is 4.79 Å². The molecule has 0 saturated heterocycles. The Morgan fingerprint density at radius 3 is 2.04 bits per heavy atom. The van der Waals surface area contributed by atoms with Crippen LogP contribution in [0, 0.1) is 0 Å². The zero-order chi connectivity index (χ0) is 17.3. The van der Waals surface area contributed by atoms with Crippen LogP contribution in [0.1, 0.15) is 42.5 Å². The van der Waals surface area contributed by atoms with Crippen molar-refractivity contribution >= 4 is 5.97 Å². The van der Waals surface area contributed by atoms with Crippen LogP contribution in [0.2, 0.25) is 0 Å². The molecule has 0 spiro atoms. The SMILES string of the molecule is O=C(OC1CCCCC1)c1ccc(OCCOc2ccccc2)cc1. The second-order valence-corrected chi connectivity index (χ2v) is 6.20. The third-order valence-electron chi connectivity index (χ3n) is 4.28. The van der Waals surface area contributed by atoms with Crippen molar-refractivity contribution < 1.29 is 19.0 Å². The third kappa shape index (κ3) is 5.52. The van der Waals surface area contributed by atoms with Gasteiger partial charge in [0.25, 0.3) is 0 Å². The highest BCUT2D eigenvalue weighted by Crippen LogP contribution is 2.22. The molecule has 3 rings (SSSR count). The molecule has 0 atom stereocenters. The van der Waals surface area contributed by atoms with Crippen molar-refractivity contribution in [1.82, 2.24) is 0 Å². The summed E-state index contributed by atoms with van der Waals surface area (Å²) in [6.07, 6.45) is 5.58. The number of hydrogen-bond acceptors (Lipinski definition) is 4. The maximum atomic E-state index is 12.2. The average molecular weight is 340 g/mol. The first-order valence-electron chi connectivity index (χ1n) is 8.93. The first-order valence-corrected chi connectivity index (χ1v) is 8.93. The van der Waals surface area contributed by atoms with Crippen LogP contribution in [-0.2, 0) is 4.74 Å². The van der Waals surface area contributed by atoms with E-state index in [1.165, 1.54) is 6.42 Å². The van der Waals surface area contributed by atoms with E-state index in [1.54, 1.807) is 24.3 Å². The average Bonchev–Trinajstić information content (AvgIpc) is 2.67. The van der Waals surface area contributed by atoms with Crippen molar-refractivity contribution in [3.05, 3.63) is 60.2 Å². The van der Waals surface area contributed by atoms with Gasteiger partial charge in [0.05, 0.1) is 5.56 Å². The molecule has 1 saturated carbocycles. The van der Waals surface area contributed by atoms with Crippen LogP contribution < -0.4 is 9.47 Å². The Hall–Kier alpha value is -2.49. The Balaban J connectivity index is 1.41. The third-order valence-corrected chi connectivity index (χ3v) is 4.28. The van der Waals surface area contributed by atoms with Gasteiger partial charge in [0.2, 0.25) is 0 Å². The van der Waals surface area contributed by atoms with Crippen molar-refractivity contribution in [2.75, 3.05) is 13.2 Å². The fraction of sp³-hybridized carbons (Fsp3) is 0.381. The van der Waals surface area contributed by atoms with E-state index < -0.39 is 0 Å². The summed E-state index contributed by atoms with van der Waals surface area (Å²) in [5.41, 5.74) is 0.568. The number of carbonyl (C=O) groups excluding carboxylic acids is 1. The van der Waals surface area contributed by atoms with E-state index in [2.05, 4.69) is 0 Å². The number of hydrogen-bond donors (Lipinski definition) is 0. The number of rotatable bonds is 7. The zero-order valence-electron chi connectivity index (χ0n) is 14.4. The maximum absolute atomic E-state index is 12.2. The topological polar surface area (TPSA) is 44.8 Å². The van der Waals surface area contributed by atoms with Gasteiger partial charge in [-0.15, -0.1) is 0 Å². The predicted molar refractivity (Wildman–Crippen MR) is 96.2 cm³/mol. The minimum atomic E-state index is -0.245. The van der Waals surface area contributed by atoms with Crippen LogP contribution in [0.3, 0.4) is 0 Å². The van der Waals surface area contributed by atoms with Crippen LogP contribution in [-0.4, -0.2) is 25.3 Å². The van der Waals surface area contributed by atoms with Gasteiger partial charge in [0.1, 0.15) is 30.8 Å². The fourth-order valence-corrected chi connectivity index (χ4v) is 2.93. The Bertz CT molecular complexity index is 645. The van der Waals surface area contributed by atoms with Crippen molar-refractivity contribution in [1.29, 1.82) is 0 Å². The second-order valence-electron chi connectivity index (χ2n) is 6.20. The Kier molecular flexibility index (Phi) is 6.32. The maximum Gasteiger partial charge on any atom is 0.338 e. The lowest BCUT2D eigenvalue weighted by Gasteiger charge is -2.21. The molecule has 0 heterocycles. The summed E-state index contributed by atoms with van der Waals surface area (Å²) in [6, 6.07) is 16.7. The van der Waals surface area contributed by atoms with E-state index in [0.29, 0.717) is 24.5 Å². The largest absolute Gasteiger partial charge is 0.490 e. The molecule has 0 N–H and O–H groups in total. The lowest BCUT2D eigenvalue weighted by atomic mass is 9.98. The van der Waals surface area contributed by atoms with Gasteiger partial charge in [-0.05, 0) is 62.1 Å². The number of para-hydroxylation sites is 1. The minimum absolute atomic E-state index is 0.0762. The summed E-state index contributed by atoms with van der Waals surface area (Å²) in [4.78, 5) is 12.2. The first-order chi connectivity index (χ1) is 12.3. The van der Waals surface area contributed by atoms with E-state index in [-0.39, 0.29) is 12.1 Å². The first kappa shape index (κ1) is 17.3. The van der Waals surface area contributed by atoms with Crippen molar-refractivity contribution in [2.24, 2.45) is 0 Å². The molecule has 1 aliphatic carbocycles. The van der Waals surface area contributed by atoms with Gasteiger partial charge in [-0.3, -0.25) is 0 Å². The summed E-state index contributed by atoms with van der Waals surface area (Å²) in [5, 5.41) is 0. The van der Waals surface area contributed by atoms with Crippen molar-refractivity contribution in [3.63, 3.8) is 0 Å². The molecule has 1 fully saturated rings. The van der Waals surface area contributed by atoms with Crippen LogP contribution in [0.4, 0.5) is 0 Å². The highest BCUT2D eigenvalue weighted by molar-refractivity contribution is 5.89. The van der Waals surface area contributed by atoms with Gasteiger partial charge in [-0.2, -0.15) is 0 Å². The summed E-state index contributed by atoms with van der Waals surface area (Å²) in [5.74, 6) is 1.30. The lowest BCUT2D eigenvalue weighted by Crippen LogP contribution is -2.20. The molecule has 0 aliphatic heterocycles. The number of carbonyl (C=O) groups is 1. The minimum Gasteiger partial charge on any atom is -0.490 e. The molecule has 2 aromatic carbocycles. The number of ether oxygens (including phenoxy) is 3. The second kappa shape index (κ2) is 9.11. The Labute approximate surface area is 148 Å². The smallest absolute Gasteiger partial charge is 0.338 e. The normalized spacial score (nSPS) is 14.7. The molecule has 4 heteroatoms. The standard InChI is InChI=1S/C21H24O4/c22-21(25-20-9-5-2-6-10-20)17-11-13-19(14-12-17)24-16-15-23-18-7-3-1-4-8-18/h1,3-4,7-8,11-14,20H,2,5-6,9-10,15-16H2. The van der Waals surface area contributed by atoms with Gasteiger partial charge in [0, 0.05) is 0 Å². The molecule has 0 radical (unpaired) electrons. The van der Waals surface area contributed by atoms with Crippen molar-refractivity contribution in [2.45, 2.75) is 38.2 Å². The number of esters is 1. The molecule has 4 nitrogen and oxygen atoms in total. The summed E-state index contributed by atoms with van der Waals surface area (Å²) in [7, 11) is 0. The van der Waals surface area contributed by atoms with E-state index in [4.69, 9.17) is 14.2 Å². The van der Waals surface area contributed by atoms with Gasteiger partial charge in [-0.1, -0.05) is 24.6 Å². The van der Waals surface area contributed by atoms with Gasteiger partial charge >= 0.3 is 5.97 Å².